The molecule has 0 aliphatic heterocycles. The Balaban J connectivity index is 0.000000257. The first-order valence-electron chi connectivity index (χ1n) is 7.58. The van der Waals surface area contributed by atoms with Gasteiger partial charge in [0.1, 0.15) is 0 Å². The average molecular weight is 426 g/mol. The van der Waals surface area contributed by atoms with E-state index in [1.165, 1.54) is 12.1 Å². The van der Waals surface area contributed by atoms with E-state index in [1.807, 2.05) is 31.2 Å². The van der Waals surface area contributed by atoms with E-state index in [0.29, 0.717) is 12.8 Å². The van der Waals surface area contributed by atoms with Crippen LogP contribution in [0.15, 0.2) is 57.9 Å². The SMILES string of the molecule is Cc1ccc(S(=O)(=O)O)cc1.N#CC(CCCO)c1ccc(Br)cc1. The zero-order chi connectivity index (χ0) is 18.9. The maximum Gasteiger partial charge on any atom is 0.294 e. The van der Waals surface area contributed by atoms with Gasteiger partial charge >= 0.3 is 0 Å². The zero-order valence-corrected chi connectivity index (χ0v) is 16.2. The number of benzene rings is 2. The molecule has 0 saturated heterocycles. The standard InChI is InChI=1S/C11H12BrNO.C7H8O3S/c12-11-5-3-9(4-6-11)10(8-13)2-1-7-14;1-6-2-4-7(5-3-6)11(8,9)10/h3-6,10,14H,1-2,7H2;2-5H,1H3,(H,8,9,10). The molecule has 0 fully saturated rings. The fourth-order valence-corrected chi connectivity index (χ4v) is 2.75. The van der Waals surface area contributed by atoms with Crippen molar-refractivity contribution in [2.24, 2.45) is 0 Å². The van der Waals surface area contributed by atoms with Gasteiger partial charge in [-0.1, -0.05) is 45.8 Å². The third kappa shape index (κ3) is 7.80. The lowest BCUT2D eigenvalue weighted by Gasteiger charge is -2.07. The number of aliphatic hydroxyl groups is 1. The van der Waals surface area contributed by atoms with E-state index in [0.717, 1.165) is 15.6 Å². The van der Waals surface area contributed by atoms with Gasteiger partial charge in [0.05, 0.1) is 16.9 Å². The lowest BCUT2D eigenvalue weighted by atomic mass is 9.96. The topological polar surface area (TPSA) is 98.4 Å². The van der Waals surface area contributed by atoms with E-state index in [4.69, 9.17) is 14.9 Å². The molecule has 25 heavy (non-hydrogen) atoms. The van der Waals surface area contributed by atoms with Gasteiger partial charge in [-0.15, -0.1) is 0 Å². The van der Waals surface area contributed by atoms with Crippen molar-refractivity contribution in [3.8, 4) is 6.07 Å². The third-order valence-electron chi connectivity index (χ3n) is 3.40. The van der Waals surface area contributed by atoms with Crippen LogP contribution < -0.4 is 0 Å². The van der Waals surface area contributed by atoms with E-state index in [1.54, 1.807) is 12.1 Å². The summed E-state index contributed by atoms with van der Waals surface area (Å²) < 4.78 is 30.6. The number of aryl methyl sites for hydroxylation is 1. The minimum atomic E-state index is -4.02. The quantitative estimate of drug-likeness (QED) is 0.703. The Labute approximate surface area is 156 Å². The molecular formula is C18H20BrNO4S. The Morgan fingerprint density at radius 1 is 1.12 bits per heavy atom. The second-order valence-corrected chi connectivity index (χ2v) is 7.72. The number of hydrogen-bond acceptors (Lipinski definition) is 4. The highest BCUT2D eigenvalue weighted by Gasteiger charge is 2.09. The van der Waals surface area contributed by atoms with Gasteiger partial charge in [0.2, 0.25) is 0 Å². The first kappa shape index (κ1) is 21.3. The van der Waals surface area contributed by atoms with Crippen LogP contribution in [0.3, 0.4) is 0 Å². The van der Waals surface area contributed by atoms with Crippen LogP contribution in [0.5, 0.6) is 0 Å². The molecule has 7 heteroatoms. The second kappa shape index (κ2) is 10.3. The van der Waals surface area contributed by atoms with Crippen LogP contribution in [0.1, 0.15) is 29.9 Å². The lowest BCUT2D eigenvalue weighted by Crippen LogP contribution is -1.97. The lowest BCUT2D eigenvalue weighted by molar-refractivity contribution is 0.283. The first-order chi connectivity index (χ1) is 11.8. The number of rotatable bonds is 5. The van der Waals surface area contributed by atoms with E-state index in [2.05, 4.69) is 22.0 Å². The van der Waals surface area contributed by atoms with Crippen molar-refractivity contribution >= 4 is 26.0 Å². The minimum Gasteiger partial charge on any atom is -0.396 e. The molecule has 2 rings (SSSR count). The highest BCUT2D eigenvalue weighted by Crippen LogP contribution is 2.22. The van der Waals surface area contributed by atoms with Crippen molar-refractivity contribution in [1.82, 2.24) is 0 Å². The Morgan fingerprint density at radius 3 is 2.12 bits per heavy atom. The molecule has 2 N–H and O–H groups in total. The van der Waals surface area contributed by atoms with Crippen LogP contribution in [0.2, 0.25) is 0 Å². The molecule has 0 aliphatic rings. The van der Waals surface area contributed by atoms with E-state index >= 15 is 0 Å². The molecule has 2 aromatic rings. The van der Waals surface area contributed by atoms with Crippen molar-refractivity contribution < 1.29 is 18.1 Å². The molecular weight excluding hydrogens is 406 g/mol. The summed E-state index contributed by atoms with van der Waals surface area (Å²) in [4.78, 5) is -0.0666. The summed E-state index contributed by atoms with van der Waals surface area (Å²) in [7, 11) is -4.02. The molecule has 0 heterocycles. The molecule has 1 atom stereocenters. The van der Waals surface area contributed by atoms with Crippen molar-refractivity contribution in [3.63, 3.8) is 0 Å². The van der Waals surface area contributed by atoms with Crippen molar-refractivity contribution in [1.29, 1.82) is 5.26 Å². The Kier molecular flexibility index (Phi) is 8.79. The predicted octanol–water partition coefficient (Wildman–Crippen LogP) is 4.07. The maximum absolute atomic E-state index is 10.5. The molecule has 5 nitrogen and oxygen atoms in total. The van der Waals surface area contributed by atoms with Crippen LogP contribution in [0.25, 0.3) is 0 Å². The predicted molar refractivity (Wildman–Crippen MR) is 99.8 cm³/mol. The molecule has 0 spiro atoms. The summed E-state index contributed by atoms with van der Waals surface area (Å²) in [6, 6.07) is 16.0. The van der Waals surface area contributed by atoms with E-state index in [9.17, 15) is 8.42 Å². The van der Waals surface area contributed by atoms with Crippen LogP contribution in [-0.2, 0) is 10.1 Å². The van der Waals surface area contributed by atoms with Crippen molar-refractivity contribution in [2.75, 3.05) is 6.61 Å². The summed E-state index contributed by atoms with van der Waals surface area (Å²) in [5.74, 6) is -0.102. The molecule has 0 aliphatic carbocycles. The van der Waals surface area contributed by atoms with Gasteiger partial charge in [-0.25, -0.2) is 0 Å². The Bertz CT molecular complexity index is 796. The zero-order valence-electron chi connectivity index (χ0n) is 13.8. The molecule has 2 aromatic carbocycles. The van der Waals surface area contributed by atoms with Gasteiger partial charge < -0.3 is 5.11 Å². The summed E-state index contributed by atoms with van der Waals surface area (Å²) in [6.07, 6.45) is 1.39. The van der Waals surface area contributed by atoms with Crippen LogP contribution in [0.4, 0.5) is 0 Å². The summed E-state index contributed by atoms with van der Waals surface area (Å²) >= 11 is 3.35. The number of hydrogen-bond donors (Lipinski definition) is 2. The number of aliphatic hydroxyl groups excluding tert-OH is 1. The summed E-state index contributed by atoms with van der Waals surface area (Å²) in [5.41, 5.74) is 1.97. The number of halogens is 1. The molecule has 0 aromatic heterocycles. The maximum atomic E-state index is 10.5. The molecule has 0 radical (unpaired) electrons. The van der Waals surface area contributed by atoms with Crippen LogP contribution >= 0.6 is 15.9 Å². The van der Waals surface area contributed by atoms with Gasteiger partial charge in [0.25, 0.3) is 10.1 Å². The molecule has 0 saturated carbocycles. The number of nitriles is 1. The van der Waals surface area contributed by atoms with Gasteiger partial charge in [0.15, 0.2) is 0 Å². The summed E-state index contributed by atoms with van der Waals surface area (Å²) in [5, 5.41) is 17.6. The van der Waals surface area contributed by atoms with Gasteiger partial charge in [-0.05, 0) is 49.6 Å². The molecule has 0 bridgehead atoms. The highest BCUT2D eigenvalue weighted by atomic mass is 79.9. The van der Waals surface area contributed by atoms with Crippen molar-refractivity contribution in [2.45, 2.75) is 30.6 Å². The Morgan fingerprint density at radius 2 is 1.68 bits per heavy atom. The fourth-order valence-electron chi connectivity index (χ4n) is 2.01. The third-order valence-corrected chi connectivity index (χ3v) is 4.79. The molecule has 1 unspecified atom stereocenters. The van der Waals surface area contributed by atoms with E-state index < -0.39 is 10.1 Å². The second-order valence-electron chi connectivity index (χ2n) is 5.39. The van der Waals surface area contributed by atoms with Crippen LogP contribution in [-0.4, -0.2) is 24.7 Å². The molecule has 134 valence electrons. The van der Waals surface area contributed by atoms with Gasteiger partial charge in [-0.3, -0.25) is 4.55 Å². The first-order valence-corrected chi connectivity index (χ1v) is 9.81. The molecule has 0 amide bonds. The monoisotopic (exact) mass is 425 g/mol. The highest BCUT2D eigenvalue weighted by molar-refractivity contribution is 9.10. The van der Waals surface area contributed by atoms with E-state index in [-0.39, 0.29) is 17.4 Å². The Hall–Kier alpha value is -1.72. The van der Waals surface area contributed by atoms with Crippen molar-refractivity contribution in [3.05, 3.63) is 64.1 Å². The summed E-state index contributed by atoms with van der Waals surface area (Å²) in [6.45, 7) is 1.99. The normalized spacial score (nSPS) is 11.8. The number of nitrogens with zero attached hydrogens (tertiary/aromatic N) is 1. The average Bonchev–Trinajstić information content (AvgIpc) is 2.57. The smallest absolute Gasteiger partial charge is 0.294 e. The van der Waals surface area contributed by atoms with Crippen LogP contribution in [0, 0.1) is 18.3 Å². The van der Waals surface area contributed by atoms with Gasteiger partial charge in [0, 0.05) is 11.1 Å². The largest absolute Gasteiger partial charge is 0.396 e. The van der Waals surface area contributed by atoms with Gasteiger partial charge in [-0.2, -0.15) is 13.7 Å². The fraction of sp³-hybridized carbons (Fsp3) is 0.278. The minimum absolute atomic E-state index is 0.0666.